The van der Waals surface area contributed by atoms with Gasteiger partial charge in [-0.25, -0.2) is 0 Å². The predicted molar refractivity (Wildman–Crippen MR) is 84.4 cm³/mol. The van der Waals surface area contributed by atoms with E-state index in [0.29, 0.717) is 0 Å². The number of hydrogen-bond donors (Lipinski definition) is 1. The summed E-state index contributed by atoms with van der Waals surface area (Å²) in [5.74, 6) is 0. The first-order valence-electron chi connectivity index (χ1n) is 3.73. The Bertz CT molecular complexity index is 113. The fourth-order valence-corrected chi connectivity index (χ4v) is 16.2. The summed E-state index contributed by atoms with van der Waals surface area (Å²) in [6, 6.07) is 0. The fraction of sp³-hybridized carbons (Fsp3) is 1.00. The number of thiol groups is 1. The lowest BCUT2D eigenvalue weighted by Gasteiger charge is -2.04. The molecule has 0 N–H and O–H groups in total. The van der Waals surface area contributed by atoms with Crippen molar-refractivity contribution in [1.82, 2.24) is 0 Å². The Balaban J connectivity index is 1.78. The van der Waals surface area contributed by atoms with Crippen LogP contribution in [0, 0.1) is 0 Å². The molecule has 1 aliphatic rings. The van der Waals surface area contributed by atoms with E-state index >= 15 is 0 Å². The van der Waals surface area contributed by atoms with Gasteiger partial charge in [-0.2, -0.15) is 0 Å². The van der Waals surface area contributed by atoms with E-state index in [0.717, 1.165) is 5.25 Å². The topological polar surface area (TPSA) is 0 Å². The van der Waals surface area contributed by atoms with Gasteiger partial charge in [0.25, 0.3) is 0 Å². The molecule has 0 saturated heterocycles. The van der Waals surface area contributed by atoms with Crippen LogP contribution in [0.1, 0.15) is 25.7 Å². The number of hydrogen-bond acceptors (Lipinski definition) is 8. The maximum atomic E-state index is 4.04. The SMILES string of the molecule is SSSSSSSSC1CCCC1. The third-order valence-corrected chi connectivity index (χ3v) is 15.5. The van der Waals surface area contributed by atoms with E-state index in [1.54, 1.807) is 19.7 Å². The predicted octanol–water partition coefficient (Wildman–Crippen LogP) is 6.40. The van der Waals surface area contributed by atoms with Crippen molar-refractivity contribution in [3.63, 3.8) is 0 Å². The summed E-state index contributed by atoms with van der Waals surface area (Å²) in [6.45, 7) is 0. The molecule has 0 aromatic rings. The summed E-state index contributed by atoms with van der Waals surface area (Å²) >= 11 is 4.04. The average Bonchev–Trinajstić information content (AvgIpc) is 2.63. The van der Waals surface area contributed by atoms with E-state index in [2.05, 4.69) is 22.5 Å². The van der Waals surface area contributed by atoms with Crippen LogP contribution in [-0.4, -0.2) is 5.25 Å². The minimum Gasteiger partial charge on any atom is -0.0988 e. The zero-order chi connectivity index (χ0) is 9.36. The van der Waals surface area contributed by atoms with Crippen molar-refractivity contribution in [3.05, 3.63) is 0 Å². The molecule has 78 valence electrons. The van der Waals surface area contributed by atoms with Crippen LogP contribution in [0.2, 0.25) is 0 Å². The van der Waals surface area contributed by atoms with Crippen LogP contribution in [0.15, 0.2) is 0 Å². The summed E-state index contributed by atoms with van der Waals surface area (Å²) in [7, 11) is 12.7. The Morgan fingerprint density at radius 2 is 1.46 bits per heavy atom. The maximum Gasteiger partial charge on any atom is 0.0160 e. The molecule has 0 radical (unpaired) electrons. The van der Waals surface area contributed by atoms with Gasteiger partial charge in [0.2, 0.25) is 0 Å². The van der Waals surface area contributed by atoms with Gasteiger partial charge in [-0.15, -0.1) is 0 Å². The van der Waals surface area contributed by atoms with Gasteiger partial charge in [0.05, 0.1) is 0 Å². The molecule has 0 nitrogen and oxygen atoms in total. The van der Waals surface area contributed by atoms with Crippen molar-refractivity contribution in [1.29, 1.82) is 0 Å². The summed E-state index contributed by atoms with van der Waals surface area (Å²) in [5, 5.41) is 0.926. The molecule has 0 amide bonds. The fourth-order valence-electron chi connectivity index (χ4n) is 1.10. The largest absolute Gasteiger partial charge is 0.0988 e. The molecule has 1 saturated carbocycles. The van der Waals surface area contributed by atoms with E-state index in [4.69, 9.17) is 0 Å². The molecule has 0 atom stereocenters. The summed E-state index contributed by atoms with van der Waals surface area (Å²) in [6.07, 6.45) is 5.74. The lowest BCUT2D eigenvalue weighted by Crippen LogP contribution is -1.88. The van der Waals surface area contributed by atoms with Crippen molar-refractivity contribution in [2.45, 2.75) is 30.9 Å². The summed E-state index contributed by atoms with van der Waals surface area (Å²) < 4.78 is 0. The van der Waals surface area contributed by atoms with Gasteiger partial charge in [-0.1, -0.05) is 35.3 Å². The molecule has 1 aliphatic carbocycles. The van der Waals surface area contributed by atoms with Crippen molar-refractivity contribution in [2.24, 2.45) is 0 Å². The molecule has 8 heteroatoms. The molecule has 0 aromatic heterocycles. The Morgan fingerprint density at radius 3 is 2.15 bits per heavy atom. The quantitative estimate of drug-likeness (QED) is 0.322. The van der Waals surface area contributed by atoms with Crippen molar-refractivity contribution in [2.75, 3.05) is 0 Å². The molecule has 1 fully saturated rings. The van der Waals surface area contributed by atoms with Gasteiger partial charge in [0, 0.05) is 5.25 Å². The zero-order valence-corrected chi connectivity index (χ0v) is 13.3. The molecular weight excluding hydrogens is 317 g/mol. The third kappa shape index (κ3) is 7.65. The average molecular weight is 327 g/mol. The first-order valence-corrected chi connectivity index (χ1v) is 13.7. The van der Waals surface area contributed by atoms with Crippen LogP contribution in [0.25, 0.3) is 0 Å². The Morgan fingerprint density at radius 1 is 0.846 bits per heavy atom. The normalized spacial score (nSPS) is 18.2. The molecular formula is C5H10S8. The molecule has 0 spiro atoms. The zero-order valence-electron chi connectivity index (χ0n) is 6.71. The maximum absolute atomic E-state index is 4.04. The van der Waals surface area contributed by atoms with Crippen LogP contribution in [-0.2, 0) is 0 Å². The van der Waals surface area contributed by atoms with Gasteiger partial charge in [-0.3, -0.25) is 0 Å². The highest BCUT2D eigenvalue weighted by molar-refractivity contribution is 9.48. The molecule has 0 heterocycles. The van der Waals surface area contributed by atoms with Crippen molar-refractivity contribution in [3.8, 4) is 0 Å². The molecule has 0 aromatic carbocycles. The summed E-state index contributed by atoms with van der Waals surface area (Å²) in [4.78, 5) is 0. The molecule has 13 heavy (non-hydrogen) atoms. The highest BCUT2D eigenvalue weighted by Gasteiger charge is 2.15. The van der Waals surface area contributed by atoms with E-state index in [1.807, 2.05) is 29.5 Å². The van der Waals surface area contributed by atoms with Gasteiger partial charge in [-0.05, 0) is 71.8 Å². The van der Waals surface area contributed by atoms with Gasteiger partial charge in [0.1, 0.15) is 0 Å². The minimum atomic E-state index is 0.926. The molecule has 0 bridgehead atoms. The van der Waals surface area contributed by atoms with Crippen molar-refractivity contribution >= 4 is 81.4 Å². The lowest BCUT2D eigenvalue weighted by molar-refractivity contribution is 0.886. The van der Waals surface area contributed by atoms with Crippen molar-refractivity contribution < 1.29 is 0 Å². The van der Waals surface area contributed by atoms with Gasteiger partial charge >= 0.3 is 0 Å². The third-order valence-electron chi connectivity index (χ3n) is 1.62. The van der Waals surface area contributed by atoms with Crippen LogP contribution in [0.4, 0.5) is 0 Å². The van der Waals surface area contributed by atoms with Crippen LogP contribution >= 0.6 is 81.4 Å². The van der Waals surface area contributed by atoms with E-state index < -0.39 is 0 Å². The Labute approximate surface area is 111 Å². The smallest absolute Gasteiger partial charge is 0.0160 e. The molecule has 0 aliphatic heterocycles. The number of rotatable bonds is 7. The highest BCUT2D eigenvalue weighted by Crippen LogP contribution is 2.57. The first kappa shape index (κ1) is 13.9. The lowest BCUT2D eigenvalue weighted by atomic mass is 10.4. The molecule has 0 unspecified atom stereocenters. The van der Waals surface area contributed by atoms with Crippen LogP contribution in [0.5, 0.6) is 0 Å². The second-order valence-corrected chi connectivity index (χ2v) is 14.6. The van der Waals surface area contributed by atoms with Crippen LogP contribution in [0.3, 0.4) is 0 Å². The Kier molecular flexibility index (Phi) is 10.6. The highest BCUT2D eigenvalue weighted by atomic mass is 34.0. The van der Waals surface area contributed by atoms with Gasteiger partial charge in [0.15, 0.2) is 0 Å². The molecule has 1 rings (SSSR count). The van der Waals surface area contributed by atoms with Crippen LogP contribution < -0.4 is 0 Å². The van der Waals surface area contributed by atoms with E-state index in [-0.39, 0.29) is 0 Å². The van der Waals surface area contributed by atoms with E-state index in [9.17, 15) is 0 Å². The monoisotopic (exact) mass is 326 g/mol. The summed E-state index contributed by atoms with van der Waals surface area (Å²) in [5.41, 5.74) is 0. The second kappa shape index (κ2) is 9.99. The first-order chi connectivity index (χ1) is 6.43. The van der Waals surface area contributed by atoms with E-state index in [1.165, 1.54) is 35.5 Å². The minimum absolute atomic E-state index is 0.926. The standard InChI is InChI=1S/C5H10S8/c6-8-10-12-13-11-9-7-5-3-1-2-4-5/h5-6H,1-4H2. The Hall–Kier alpha value is 2.80. The second-order valence-electron chi connectivity index (χ2n) is 2.42. The van der Waals surface area contributed by atoms with Gasteiger partial charge < -0.3 is 0 Å².